The molecule has 2 heterocycles. The molecule has 22 heavy (non-hydrogen) atoms. The number of carbonyl (C=O) groups is 1. The van der Waals surface area contributed by atoms with Crippen molar-refractivity contribution in [2.75, 3.05) is 19.7 Å². The van der Waals surface area contributed by atoms with Gasteiger partial charge in [0.05, 0.1) is 6.61 Å². The molecule has 1 aliphatic heterocycles. The van der Waals surface area contributed by atoms with Gasteiger partial charge in [0.1, 0.15) is 10.8 Å². The minimum atomic E-state index is -0.474. The Balaban J connectivity index is 1.82. The highest BCUT2D eigenvalue weighted by molar-refractivity contribution is 6.29. The molecule has 1 aromatic heterocycles. The maximum atomic E-state index is 12.0. The Morgan fingerprint density at radius 1 is 1.45 bits per heavy atom. The van der Waals surface area contributed by atoms with Crippen LogP contribution < -0.4 is 4.74 Å². The summed E-state index contributed by atoms with van der Waals surface area (Å²) < 4.78 is 11.0. The van der Waals surface area contributed by atoms with Gasteiger partial charge in [0.25, 0.3) is 0 Å². The van der Waals surface area contributed by atoms with E-state index in [1.807, 2.05) is 27.7 Å². The molecule has 1 saturated heterocycles. The number of hydrogen-bond donors (Lipinski definition) is 0. The van der Waals surface area contributed by atoms with Crippen molar-refractivity contribution in [2.45, 2.75) is 39.7 Å². The first kappa shape index (κ1) is 16.8. The third-order valence-corrected chi connectivity index (χ3v) is 3.38. The van der Waals surface area contributed by atoms with Crippen molar-refractivity contribution < 1.29 is 14.3 Å². The first-order valence-electron chi connectivity index (χ1n) is 7.35. The lowest BCUT2D eigenvalue weighted by atomic mass is 10.1. The van der Waals surface area contributed by atoms with Gasteiger partial charge < -0.3 is 14.4 Å². The van der Waals surface area contributed by atoms with E-state index in [9.17, 15) is 4.79 Å². The van der Waals surface area contributed by atoms with Gasteiger partial charge in [-0.25, -0.2) is 9.78 Å². The van der Waals surface area contributed by atoms with E-state index < -0.39 is 5.60 Å². The quantitative estimate of drug-likeness (QED) is 0.798. The number of nitrogens with zero attached hydrogens (tertiary/aromatic N) is 3. The Morgan fingerprint density at radius 2 is 2.18 bits per heavy atom. The van der Waals surface area contributed by atoms with E-state index >= 15 is 0 Å². The number of hydrogen-bond acceptors (Lipinski definition) is 5. The smallest absolute Gasteiger partial charge is 0.410 e. The summed E-state index contributed by atoms with van der Waals surface area (Å²) in [7, 11) is 0. The Hall–Kier alpha value is -1.56. The molecule has 7 heteroatoms. The summed E-state index contributed by atoms with van der Waals surface area (Å²) in [4.78, 5) is 21.9. The maximum Gasteiger partial charge on any atom is 0.410 e. The molecule has 0 bridgehead atoms. The molecular formula is C15H22ClN3O3. The summed E-state index contributed by atoms with van der Waals surface area (Å²) in [5, 5.41) is 0.365. The molecule has 1 aliphatic rings. The number of aromatic nitrogens is 2. The molecule has 0 aromatic carbocycles. The molecule has 1 fully saturated rings. The number of carbonyl (C=O) groups excluding carboxylic acids is 1. The molecule has 122 valence electrons. The van der Waals surface area contributed by atoms with Crippen molar-refractivity contribution in [1.82, 2.24) is 14.9 Å². The van der Waals surface area contributed by atoms with E-state index in [1.54, 1.807) is 11.0 Å². The van der Waals surface area contributed by atoms with Gasteiger partial charge in [0.15, 0.2) is 0 Å². The van der Waals surface area contributed by atoms with E-state index in [-0.39, 0.29) is 18.0 Å². The summed E-state index contributed by atoms with van der Waals surface area (Å²) in [5.41, 5.74) is 0.287. The molecule has 1 atom stereocenters. The number of halogens is 1. The summed E-state index contributed by atoms with van der Waals surface area (Å²) in [6.45, 7) is 9.17. The van der Waals surface area contributed by atoms with Crippen molar-refractivity contribution in [3.8, 4) is 6.01 Å². The minimum absolute atomic E-state index is 0.246. The second-order valence-electron chi connectivity index (χ2n) is 6.51. The zero-order valence-corrected chi connectivity index (χ0v) is 14.2. The van der Waals surface area contributed by atoms with E-state index in [4.69, 9.17) is 21.1 Å². The lowest BCUT2D eigenvalue weighted by molar-refractivity contribution is 0.0284. The van der Waals surface area contributed by atoms with Gasteiger partial charge in [0.2, 0.25) is 0 Å². The summed E-state index contributed by atoms with van der Waals surface area (Å²) in [6.07, 6.45) is 0.601. The average molecular weight is 328 g/mol. The van der Waals surface area contributed by atoms with Crippen molar-refractivity contribution in [3.63, 3.8) is 0 Å². The van der Waals surface area contributed by atoms with Gasteiger partial charge in [-0.1, -0.05) is 11.6 Å². The minimum Gasteiger partial charge on any atom is -0.463 e. The van der Waals surface area contributed by atoms with Gasteiger partial charge in [0, 0.05) is 24.7 Å². The number of ether oxygens (including phenoxy) is 2. The first-order valence-corrected chi connectivity index (χ1v) is 7.72. The van der Waals surface area contributed by atoms with Crippen LogP contribution in [0.2, 0.25) is 5.15 Å². The highest BCUT2D eigenvalue weighted by atomic mass is 35.5. The average Bonchev–Trinajstić information content (AvgIpc) is 2.82. The summed E-state index contributed by atoms with van der Waals surface area (Å²) in [5.74, 6) is 0.246. The largest absolute Gasteiger partial charge is 0.463 e. The molecule has 0 aliphatic carbocycles. The van der Waals surface area contributed by atoms with Crippen LogP contribution in [0, 0.1) is 12.8 Å². The van der Waals surface area contributed by atoms with E-state index in [1.165, 1.54) is 0 Å². The molecule has 2 rings (SSSR count). The van der Waals surface area contributed by atoms with Crippen molar-refractivity contribution >= 4 is 17.7 Å². The van der Waals surface area contributed by atoms with E-state index in [0.29, 0.717) is 24.8 Å². The zero-order valence-electron chi connectivity index (χ0n) is 13.4. The third kappa shape index (κ3) is 5.02. The molecule has 6 nitrogen and oxygen atoms in total. The van der Waals surface area contributed by atoms with Crippen LogP contribution in [0.1, 0.15) is 32.9 Å². The summed E-state index contributed by atoms with van der Waals surface area (Å²) in [6, 6.07) is 1.95. The van der Waals surface area contributed by atoms with Gasteiger partial charge in [-0.3, -0.25) is 0 Å². The topological polar surface area (TPSA) is 64.5 Å². The van der Waals surface area contributed by atoms with Crippen LogP contribution in [-0.2, 0) is 4.74 Å². The van der Waals surface area contributed by atoms with Gasteiger partial charge in [-0.2, -0.15) is 4.98 Å². The SMILES string of the molecule is Cc1cc(Cl)nc(OC[C@H]2CCN(C(=O)OC(C)(C)C)C2)n1. The molecule has 0 spiro atoms. The fourth-order valence-corrected chi connectivity index (χ4v) is 2.45. The van der Waals surface area contributed by atoms with Gasteiger partial charge in [-0.05, 0) is 40.2 Å². The predicted octanol–water partition coefficient (Wildman–Crippen LogP) is 3.07. The Labute approximate surface area is 135 Å². The normalized spacial score (nSPS) is 18.4. The number of rotatable bonds is 3. The lowest BCUT2D eigenvalue weighted by Crippen LogP contribution is -2.35. The second kappa shape index (κ2) is 6.69. The molecule has 0 N–H and O–H groups in total. The monoisotopic (exact) mass is 327 g/mol. The van der Waals surface area contributed by atoms with Crippen LogP contribution in [0.25, 0.3) is 0 Å². The zero-order chi connectivity index (χ0) is 16.3. The standard InChI is InChI=1S/C15H22ClN3O3/c1-10-7-12(16)18-13(17-10)21-9-11-5-6-19(8-11)14(20)22-15(2,3)4/h7,11H,5-6,8-9H2,1-4H3/t11-/m0/s1. The van der Waals surface area contributed by atoms with Crippen LogP contribution >= 0.6 is 11.6 Å². The van der Waals surface area contributed by atoms with Crippen molar-refractivity contribution in [3.05, 3.63) is 16.9 Å². The van der Waals surface area contributed by atoms with Gasteiger partial charge in [-0.15, -0.1) is 0 Å². The van der Waals surface area contributed by atoms with Crippen LogP contribution in [0.4, 0.5) is 4.79 Å². The molecular weight excluding hydrogens is 306 g/mol. The second-order valence-corrected chi connectivity index (χ2v) is 6.89. The molecule has 0 unspecified atom stereocenters. The van der Waals surface area contributed by atoms with Crippen molar-refractivity contribution in [2.24, 2.45) is 5.92 Å². The predicted molar refractivity (Wildman–Crippen MR) is 83.2 cm³/mol. The third-order valence-electron chi connectivity index (χ3n) is 3.19. The van der Waals surface area contributed by atoms with Gasteiger partial charge >= 0.3 is 12.1 Å². The number of aryl methyl sites for hydroxylation is 1. The maximum absolute atomic E-state index is 12.0. The molecule has 0 saturated carbocycles. The summed E-state index contributed by atoms with van der Waals surface area (Å²) >= 11 is 5.87. The fourth-order valence-electron chi connectivity index (χ4n) is 2.22. The fraction of sp³-hybridized carbons (Fsp3) is 0.667. The number of amides is 1. The molecule has 1 aromatic rings. The van der Waals surface area contributed by atoms with E-state index in [2.05, 4.69) is 9.97 Å². The molecule has 1 amide bonds. The Bertz CT molecular complexity index is 525. The number of likely N-dealkylation sites (tertiary alicyclic amines) is 1. The lowest BCUT2D eigenvalue weighted by Gasteiger charge is -2.24. The van der Waals surface area contributed by atoms with Crippen LogP contribution in [0.15, 0.2) is 6.07 Å². The van der Waals surface area contributed by atoms with E-state index in [0.717, 1.165) is 12.1 Å². The highest BCUT2D eigenvalue weighted by Crippen LogP contribution is 2.20. The van der Waals surface area contributed by atoms with Crippen LogP contribution in [0.5, 0.6) is 6.01 Å². The first-order chi connectivity index (χ1) is 10.2. The Kier molecular flexibility index (Phi) is 5.11. The highest BCUT2D eigenvalue weighted by Gasteiger charge is 2.30. The van der Waals surface area contributed by atoms with Crippen LogP contribution in [-0.4, -0.2) is 46.3 Å². The van der Waals surface area contributed by atoms with Crippen LogP contribution in [0.3, 0.4) is 0 Å². The molecule has 0 radical (unpaired) electrons. The van der Waals surface area contributed by atoms with Crippen molar-refractivity contribution in [1.29, 1.82) is 0 Å². The Morgan fingerprint density at radius 3 is 2.82 bits per heavy atom.